The molecule has 2 rings (SSSR count). The molecule has 0 bridgehead atoms. The molecule has 0 radical (unpaired) electrons. The van der Waals surface area contributed by atoms with Crippen LogP contribution in [0.4, 0.5) is 0 Å². The highest BCUT2D eigenvalue weighted by Crippen LogP contribution is 2.20. The highest BCUT2D eigenvalue weighted by molar-refractivity contribution is 14.0. The lowest BCUT2D eigenvalue weighted by Crippen LogP contribution is -2.43. The van der Waals surface area contributed by atoms with Crippen molar-refractivity contribution in [3.63, 3.8) is 0 Å². The van der Waals surface area contributed by atoms with Gasteiger partial charge in [-0.3, -0.25) is 4.99 Å². The predicted molar refractivity (Wildman–Crippen MR) is 122 cm³/mol. The standard InChI is InChI=1S/C20H33N3O4.HI/c1-16(27-19-7-5-6-18(12-19)25-4)13-22-20(21-2)23-9-8-17(14-23)15-26-11-10-24-3;/h5-7,12,16-17H,8-11,13-15H2,1-4H3,(H,21,22);1H. The molecule has 7 nitrogen and oxygen atoms in total. The summed E-state index contributed by atoms with van der Waals surface area (Å²) in [6.45, 7) is 6.72. The molecule has 1 aromatic carbocycles. The third kappa shape index (κ3) is 8.40. The predicted octanol–water partition coefficient (Wildman–Crippen LogP) is 2.64. The number of benzene rings is 1. The SMILES string of the molecule is CN=C(NCC(C)Oc1cccc(OC)c1)N1CCC(COCCOC)C1.I. The minimum Gasteiger partial charge on any atom is -0.497 e. The van der Waals surface area contributed by atoms with Gasteiger partial charge in [0, 0.05) is 39.2 Å². The van der Waals surface area contributed by atoms with Crippen molar-refractivity contribution >= 4 is 29.9 Å². The molecule has 0 aliphatic carbocycles. The lowest BCUT2D eigenvalue weighted by molar-refractivity contribution is 0.0536. The number of methoxy groups -OCH3 is 2. The molecular weight excluding hydrogens is 473 g/mol. The Morgan fingerprint density at radius 2 is 2.07 bits per heavy atom. The van der Waals surface area contributed by atoms with E-state index in [1.54, 1.807) is 14.2 Å². The zero-order valence-corrected chi connectivity index (χ0v) is 19.7. The van der Waals surface area contributed by atoms with Crippen molar-refractivity contribution < 1.29 is 18.9 Å². The van der Waals surface area contributed by atoms with E-state index in [1.807, 2.05) is 38.2 Å². The molecule has 1 aliphatic heterocycles. The summed E-state index contributed by atoms with van der Waals surface area (Å²) in [5, 5.41) is 3.42. The molecule has 1 heterocycles. The summed E-state index contributed by atoms with van der Waals surface area (Å²) in [7, 11) is 5.16. The first-order chi connectivity index (χ1) is 13.2. The van der Waals surface area contributed by atoms with Gasteiger partial charge in [-0.25, -0.2) is 0 Å². The highest BCUT2D eigenvalue weighted by Gasteiger charge is 2.25. The maximum atomic E-state index is 5.96. The number of hydrogen-bond donors (Lipinski definition) is 1. The van der Waals surface area contributed by atoms with Crippen molar-refractivity contribution in [3.8, 4) is 11.5 Å². The molecule has 160 valence electrons. The quantitative estimate of drug-likeness (QED) is 0.228. The zero-order chi connectivity index (χ0) is 19.5. The van der Waals surface area contributed by atoms with Gasteiger partial charge in [-0.1, -0.05) is 6.07 Å². The fraction of sp³-hybridized carbons (Fsp3) is 0.650. The summed E-state index contributed by atoms with van der Waals surface area (Å²) in [4.78, 5) is 6.70. The Kier molecular flexibility index (Phi) is 12.2. The number of hydrogen-bond acceptors (Lipinski definition) is 5. The van der Waals surface area contributed by atoms with Crippen molar-refractivity contribution in [1.29, 1.82) is 0 Å². The van der Waals surface area contributed by atoms with Crippen molar-refractivity contribution in [3.05, 3.63) is 24.3 Å². The summed E-state index contributed by atoms with van der Waals surface area (Å²) >= 11 is 0. The van der Waals surface area contributed by atoms with Crippen LogP contribution in [0.3, 0.4) is 0 Å². The molecule has 0 saturated carbocycles. The summed E-state index contributed by atoms with van der Waals surface area (Å²) in [6.07, 6.45) is 1.12. The number of nitrogens with one attached hydrogen (secondary N) is 1. The fourth-order valence-electron chi connectivity index (χ4n) is 3.07. The molecule has 2 atom stereocenters. The van der Waals surface area contributed by atoms with Gasteiger partial charge in [0.1, 0.15) is 17.6 Å². The monoisotopic (exact) mass is 507 g/mol. The third-order valence-corrected chi connectivity index (χ3v) is 4.51. The van der Waals surface area contributed by atoms with Crippen molar-refractivity contribution in [1.82, 2.24) is 10.2 Å². The molecule has 1 aliphatic rings. The number of nitrogens with zero attached hydrogens (tertiary/aromatic N) is 2. The Morgan fingerprint density at radius 1 is 1.29 bits per heavy atom. The van der Waals surface area contributed by atoms with Crippen LogP contribution < -0.4 is 14.8 Å². The fourth-order valence-corrected chi connectivity index (χ4v) is 3.07. The number of aliphatic imine (C=N–C) groups is 1. The van der Waals surface area contributed by atoms with E-state index in [2.05, 4.69) is 15.2 Å². The van der Waals surface area contributed by atoms with Gasteiger partial charge in [0.15, 0.2) is 5.96 Å². The van der Waals surface area contributed by atoms with Crippen LogP contribution in [-0.2, 0) is 9.47 Å². The molecular formula is C20H34IN3O4. The van der Waals surface area contributed by atoms with Gasteiger partial charge in [0.2, 0.25) is 0 Å². The number of ether oxygens (including phenoxy) is 4. The van der Waals surface area contributed by atoms with Gasteiger partial charge in [-0.15, -0.1) is 24.0 Å². The Morgan fingerprint density at radius 3 is 2.79 bits per heavy atom. The van der Waals surface area contributed by atoms with Crippen molar-refractivity contribution in [2.75, 3.05) is 60.7 Å². The lowest BCUT2D eigenvalue weighted by Gasteiger charge is -2.24. The van der Waals surface area contributed by atoms with Gasteiger partial charge in [0.25, 0.3) is 0 Å². The molecule has 8 heteroatoms. The van der Waals surface area contributed by atoms with Crippen LogP contribution in [0, 0.1) is 5.92 Å². The van der Waals surface area contributed by atoms with Gasteiger partial charge in [-0.2, -0.15) is 0 Å². The van der Waals surface area contributed by atoms with E-state index in [4.69, 9.17) is 18.9 Å². The topological polar surface area (TPSA) is 64.6 Å². The van der Waals surface area contributed by atoms with Gasteiger partial charge < -0.3 is 29.2 Å². The van der Waals surface area contributed by atoms with E-state index in [9.17, 15) is 0 Å². The Hall–Kier alpha value is -1.26. The Labute approximate surface area is 185 Å². The van der Waals surface area contributed by atoms with E-state index in [0.29, 0.717) is 25.7 Å². The van der Waals surface area contributed by atoms with Crippen LogP contribution in [-0.4, -0.2) is 77.7 Å². The molecule has 2 unspecified atom stereocenters. The number of rotatable bonds is 10. The van der Waals surface area contributed by atoms with Crippen molar-refractivity contribution in [2.24, 2.45) is 10.9 Å². The molecule has 0 aromatic heterocycles. The first-order valence-corrected chi connectivity index (χ1v) is 9.49. The van der Waals surface area contributed by atoms with Crippen LogP contribution in [0.15, 0.2) is 29.3 Å². The minimum atomic E-state index is 0. The Balaban J connectivity index is 0.00000392. The molecule has 28 heavy (non-hydrogen) atoms. The third-order valence-electron chi connectivity index (χ3n) is 4.51. The van der Waals surface area contributed by atoms with Crippen LogP contribution >= 0.6 is 24.0 Å². The Bertz CT molecular complexity index is 588. The van der Waals surface area contributed by atoms with Crippen LogP contribution in [0.1, 0.15) is 13.3 Å². The molecule has 1 fully saturated rings. The largest absolute Gasteiger partial charge is 0.497 e. The van der Waals surface area contributed by atoms with Crippen LogP contribution in [0.25, 0.3) is 0 Å². The smallest absolute Gasteiger partial charge is 0.193 e. The molecule has 1 aromatic rings. The first kappa shape index (κ1) is 24.8. The second kappa shape index (κ2) is 13.8. The van der Waals surface area contributed by atoms with E-state index in [-0.39, 0.29) is 30.1 Å². The van der Waals surface area contributed by atoms with Crippen molar-refractivity contribution in [2.45, 2.75) is 19.4 Å². The summed E-state index contributed by atoms with van der Waals surface area (Å²) in [5.74, 6) is 3.04. The molecule has 1 N–H and O–H groups in total. The van der Waals surface area contributed by atoms with E-state index >= 15 is 0 Å². The second-order valence-corrected chi connectivity index (χ2v) is 6.70. The number of likely N-dealkylation sites (tertiary alicyclic amines) is 1. The summed E-state index contributed by atoms with van der Waals surface area (Å²) in [6, 6.07) is 7.65. The number of guanidine groups is 1. The molecule has 0 spiro atoms. The average Bonchev–Trinajstić information content (AvgIpc) is 3.14. The molecule has 1 saturated heterocycles. The minimum absolute atomic E-state index is 0. The molecule has 0 amide bonds. The zero-order valence-electron chi connectivity index (χ0n) is 17.3. The van der Waals surface area contributed by atoms with Gasteiger partial charge >= 0.3 is 0 Å². The second-order valence-electron chi connectivity index (χ2n) is 6.70. The first-order valence-electron chi connectivity index (χ1n) is 9.49. The number of halogens is 1. The van der Waals surface area contributed by atoms with E-state index in [1.165, 1.54) is 0 Å². The van der Waals surface area contributed by atoms with E-state index in [0.717, 1.165) is 43.6 Å². The maximum absolute atomic E-state index is 5.96. The average molecular weight is 507 g/mol. The van der Waals surface area contributed by atoms with Gasteiger partial charge in [0.05, 0.1) is 33.5 Å². The van der Waals surface area contributed by atoms with E-state index < -0.39 is 0 Å². The van der Waals surface area contributed by atoms with Gasteiger partial charge in [-0.05, 0) is 25.5 Å². The lowest BCUT2D eigenvalue weighted by atomic mass is 10.1. The van der Waals surface area contributed by atoms with Crippen LogP contribution in [0.5, 0.6) is 11.5 Å². The normalized spacial score (nSPS) is 17.8. The summed E-state index contributed by atoms with van der Waals surface area (Å²) < 4.78 is 21.9. The maximum Gasteiger partial charge on any atom is 0.193 e. The highest BCUT2D eigenvalue weighted by atomic mass is 127. The van der Waals surface area contributed by atoms with Crippen LogP contribution in [0.2, 0.25) is 0 Å². The summed E-state index contributed by atoms with van der Waals surface area (Å²) in [5.41, 5.74) is 0.